The quantitative estimate of drug-likeness (QED) is 0.532. The molecular weight excluding hydrogens is 435 g/mol. The third-order valence-corrected chi connectivity index (χ3v) is 3.65. The summed E-state index contributed by atoms with van der Waals surface area (Å²) in [6, 6.07) is 3.66. The maximum Gasteiger partial charge on any atom is 0.236 e. The number of benzene rings is 1. The molecular formula is C14H10BrF2N2O2Y-. The van der Waals surface area contributed by atoms with Crippen LogP contribution in [-0.2, 0) is 37.5 Å². The van der Waals surface area contributed by atoms with E-state index >= 15 is 0 Å². The van der Waals surface area contributed by atoms with Crippen LogP contribution in [0.25, 0.3) is 5.70 Å². The molecule has 1 aliphatic rings. The topological polar surface area (TPSA) is 53.3 Å². The first-order valence-corrected chi connectivity index (χ1v) is 6.89. The van der Waals surface area contributed by atoms with Crippen LogP contribution in [0.2, 0.25) is 0 Å². The Hall–Kier alpha value is -0.836. The normalized spacial score (nSPS) is 17.4. The third kappa shape index (κ3) is 3.92. The Morgan fingerprint density at radius 2 is 2.09 bits per heavy atom. The van der Waals surface area contributed by atoms with Crippen molar-refractivity contribution in [3.05, 3.63) is 35.4 Å². The van der Waals surface area contributed by atoms with E-state index in [9.17, 15) is 13.6 Å². The molecule has 1 aromatic carbocycles. The molecule has 1 heterocycles. The van der Waals surface area contributed by atoms with E-state index in [1.807, 2.05) is 0 Å². The van der Waals surface area contributed by atoms with Gasteiger partial charge in [-0.15, -0.1) is 5.70 Å². The minimum absolute atomic E-state index is 0. The molecule has 22 heavy (non-hydrogen) atoms. The van der Waals surface area contributed by atoms with Gasteiger partial charge in [0.15, 0.2) is 6.61 Å². The monoisotopic (exact) mass is 444 g/mol. The van der Waals surface area contributed by atoms with Crippen LogP contribution in [0.15, 0.2) is 12.1 Å². The molecule has 0 spiro atoms. The van der Waals surface area contributed by atoms with Gasteiger partial charge in [-0.05, 0) is 12.1 Å². The van der Waals surface area contributed by atoms with Crippen LogP contribution >= 0.6 is 15.9 Å². The Balaban J connectivity index is 0.00000242. The number of carbonyl (C=O) groups is 1. The zero-order valence-electron chi connectivity index (χ0n) is 11.6. The first kappa shape index (κ1) is 19.2. The number of allylic oxidation sites excluding steroid dienone is 1. The van der Waals surface area contributed by atoms with Gasteiger partial charge in [0.1, 0.15) is 11.8 Å². The first-order chi connectivity index (χ1) is 9.95. The second-order valence-electron chi connectivity index (χ2n) is 4.30. The van der Waals surface area contributed by atoms with Gasteiger partial charge in [-0.1, -0.05) is 27.9 Å². The fraction of sp³-hybridized carbons (Fsp3) is 0.286. The van der Waals surface area contributed by atoms with Gasteiger partial charge in [-0.3, -0.25) is 4.79 Å². The van der Waals surface area contributed by atoms with Gasteiger partial charge >= 0.3 is 0 Å². The Kier molecular flexibility index (Phi) is 7.11. The minimum atomic E-state index is -0.877. The Morgan fingerprint density at radius 3 is 2.64 bits per heavy atom. The van der Waals surface area contributed by atoms with E-state index in [0.717, 1.165) is 17.0 Å². The number of rotatable bonds is 3. The van der Waals surface area contributed by atoms with Crippen molar-refractivity contribution in [2.24, 2.45) is 0 Å². The molecule has 1 radical (unpaired) electrons. The Bertz CT molecular complexity index is 638. The second kappa shape index (κ2) is 8.14. The van der Waals surface area contributed by atoms with Gasteiger partial charge < -0.3 is 9.64 Å². The summed E-state index contributed by atoms with van der Waals surface area (Å²) in [4.78, 5) is 12.6. The van der Waals surface area contributed by atoms with Crippen molar-refractivity contribution in [2.45, 2.75) is 11.2 Å². The summed E-state index contributed by atoms with van der Waals surface area (Å²) in [5.41, 5.74) is -0.285. The summed E-state index contributed by atoms with van der Waals surface area (Å²) in [6.45, 7) is -0.309. The maximum atomic E-state index is 14.1. The Labute approximate surface area is 160 Å². The number of hydrogen-bond donors (Lipinski definition) is 0. The summed E-state index contributed by atoms with van der Waals surface area (Å²) in [5.74, 6) is -2.14. The number of alkyl halides is 1. The molecule has 4 nitrogen and oxygen atoms in total. The standard InChI is InChI=1S/C14H10BrF2N2O2.Y/c1-19-12(3-2-9(15)14(19)20)13-10(16)6-8(7-11(13)17)21-5-4-18;/h6-7,9H,2,5H2,1H3;/q-1;. The predicted molar refractivity (Wildman–Crippen MR) is 74.2 cm³/mol. The minimum Gasteiger partial charge on any atom is -0.479 e. The van der Waals surface area contributed by atoms with E-state index in [1.54, 1.807) is 6.07 Å². The average molecular weight is 445 g/mol. The van der Waals surface area contributed by atoms with Crippen LogP contribution in [-0.4, -0.2) is 29.3 Å². The molecule has 1 atom stereocenters. The van der Waals surface area contributed by atoms with Crippen molar-refractivity contribution in [3.63, 3.8) is 0 Å². The average Bonchev–Trinajstić information content (AvgIpc) is 2.44. The molecule has 1 amide bonds. The van der Waals surface area contributed by atoms with Gasteiger partial charge in [0, 0.05) is 39.8 Å². The van der Waals surface area contributed by atoms with Crippen molar-refractivity contribution in [3.8, 4) is 11.8 Å². The van der Waals surface area contributed by atoms with E-state index in [1.165, 1.54) is 7.05 Å². The van der Waals surface area contributed by atoms with Gasteiger partial charge in [0.05, 0.1) is 16.5 Å². The van der Waals surface area contributed by atoms with Crippen LogP contribution in [0.4, 0.5) is 8.78 Å². The number of halogens is 3. The molecule has 0 aliphatic carbocycles. The summed E-state index contributed by atoms with van der Waals surface area (Å²) in [7, 11) is 1.43. The largest absolute Gasteiger partial charge is 0.479 e. The van der Waals surface area contributed by atoms with Crippen molar-refractivity contribution >= 4 is 27.5 Å². The van der Waals surface area contributed by atoms with Crippen LogP contribution < -0.4 is 4.74 Å². The smallest absolute Gasteiger partial charge is 0.236 e. The molecule has 113 valence electrons. The zero-order valence-corrected chi connectivity index (χ0v) is 16.0. The molecule has 0 aromatic heterocycles. The van der Waals surface area contributed by atoms with Gasteiger partial charge in [0.25, 0.3) is 0 Å². The van der Waals surface area contributed by atoms with Crippen LogP contribution in [0.5, 0.6) is 5.75 Å². The van der Waals surface area contributed by atoms with Crippen molar-refractivity contribution in [1.29, 1.82) is 5.26 Å². The summed E-state index contributed by atoms with van der Waals surface area (Å²) in [6.07, 6.45) is 3.04. The van der Waals surface area contributed by atoms with Crippen molar-refractivity contribution < 1.29 is 51.0 Å². The molecule has 1 aromatic rings. The van der Waals surface area contributed by atoms with Gasteiger partial charge in [-0.25, -0.2) is 14.9 Å². The Morgan fingerprint density at radius 1 is 1.50 bits per heavy atom. The number of amides is 1. The van der Waals surface area contributed by atoms with Gasteiger partial charge in [-0.2, -0.15) is 5.26 Å². The van der Waals surface area contributed by atoms with E-state index < -0.39 is 16.5 Å². The third-order valence-electron chi connectivity index (χ3n) is 2.94. The number of hydrogen-bond acceptors (Lipinski definition) is 3. The second-order valence-corrected chi connectivity index (χ2v) is 5.41. The molecule has 0 saturated heterocycles. The van der Waals surface area contributed by atoms with Crippen molar-refractivity contribution in [2.75, 3.05) is 13.7 Å². The van der Waals surface area contributed by atoms with Crippen molar-refractivity contribution in [1.82, 2.24) is 4.90 Å². The molecule has 8 heteroatoms. The number of nitrogens with zero attached hydrogens (tertiary/aromatic N) is 2. The molecule has 1 unspecified atom stereocenters. The number of ether oxygens (including phenoxy) is 1. The summed E-state index contributed by atoms with van der Waals surface area (Å²) >= 11 is 3.17. The fourth-order valence-corrected chi connectivity index (χ4v) is 2.41. The fourth-order valence-electron chi connectivity index (χ4n) is 1.94. The van der Waals surface area contributed by atoms with E-state index in [-0.39, 0.29) is 68.7 Å². The number of nitriles is 1. The van der Waals surface area contributed by atoms with E-state index in [4.69, 9.17) is 10.00 Å². The molecule has 0 N–H and O–H groups in total. The number of carbonyl (C=O) groups excluding carboxylic acids is 1. The van der Waals surface area contributed by atoms with E-state index in [0.29, 0.717) is 0 Å². The summed E-state index contributed by atoms with van der Waals surface area (Å²) < 4.78 is 33.1. The maximum absolute atomic E-state index is 14.1. The molecule has 1 aliphatic heterocycles. The summed E-state index contributed by atoms with van der Waals surface area (Å²) in [5, 5.41) is 8.39. The molecule has 0 bridgehead atoms. The predicted octanol–water partition coefficient (Wildman–Crippen LogP) is 2.63. The van der Waals surface area contributed by atoms with E-state index in [2.05, 4.69) is 22.0 Å². The first-order valence-electron chi connectivity index (χ1n) is 5.97. The van der Waals surface area contributed by atoms with Crippen LogP contribution in [0.1, 0.15) is 12.0 Å². The van der Waals surface area contributed by atoms with Crippen LogP contribution in [0.3, 0.4) is 0 Å². The molecule has 0 fully saturated rings. The van der Waals surface area contributed by atoms with Crippen LogP contribution in [0, 0.1) is 29.0 Å². The zero-order chi connectivity index (χ0) is 15.6. The molecule has 2 rings (SSSR count). The van der Waals surface area contributed by atoms with Gasteiger partial charge in [0.2, 0.25) is 5.91 Å². The SMILES string of the molecule is CN1C(=O)C(Br)C[C-]=C1c1c(F)cc(OCC#N)cc1F.[Y]. The molecule has 0 saturated carbocycles.